The predicted molar refractivity (Wildman–Crippen MR) is 116 cm³/mol. The van der Waals surface area contributed by atoms with E-state index < -0.39 is 23.5 Å². The highest BCUT2D eigenvalue weighted by Gasteiger charge is 2.25. The van der Waals surface area contributed by atoms with Gasteiger partial charge in [-0.2, -0.15) is 0 Å². The molecule has 154 valence electrons. The molecule has 0 spiro atoms. The van der Waals surface area contributed by atoms with Crippen LogP contribution in [0.3, 0.4) is 0 Å². The lowest BCUT2D eigenvalue weighted by Crippen LogP contribution is -2.21. The number of carbonyl (C=O) groups excluding carboxylic acids is 1. The highest BCUT2D eigenvalue weighted by atomic mass is 32.2. The van der Waals surface area contributed by atoms with Crippen molar-refractivity contribution in [3.05, 3.63) is 70.6 Å². The van der Waals surface area contributed by atoms with Crippen LogP contribution in [0.1, 0.15) is 15.9 Å². The number of aromatic carboxylic acids is 1. The van der Waals surface area contributed by atoms with Gasteiger partial charge >= 0.3 is 5.97 Å². The van der Waals surface area contributed by atoms with E-state index in [1.165, 1.54) is 31.5 Å². The quantitative estimate of drug-likeness (QED) is 0.317. The predicted octanol–water partition coefficient (Wildman–Crippen LogP) is 5.46. The molecule has 0 aliphatic heterocycles. The summed E-state index contributed by atoms with van der Waals surface area (Å²) in [5.74, 6) is -4.14. The number of anilines is 1. The molecule has 1 heterocycles. The molecule has 9 heteroatoms. The Morgan fingerprint density at radius 2 is 1.77 bits per heavy atom. The first-order valence-electron chi connectivity index (χ1n) is 8.64. The average molecular weight is 447 g/mol. The molecular formula is C21H16F2N2O3S2. The van der Waals surface area contributed by atoms with Gasteiger partial charge < -0.3 is 10.4 Å². The molecule has 0 bridgehead atoms. The number of amides is 1. The van der Waals surface area contributed by atoms with E-state index in [-0.39, 0.29) is 32.3 Å². The molecule has 1 amide bonds. The first-order valence-corrected chi connectivity index (χ1v) is 10.3. The molecule has 0 aliphatic carbocycles. The first kappa shape index (κ1) is 21.7. The van der Waals surface area contributed by atoms with Crippen LogP contribution in [0.15, 0.2) is 57.7 Å². The molecule has 3 aromatic rings. The van der Waals surface area contributed by atoms with Crippen molar-refractivity contribution in [2.75, 3.05) is 12.4 Å². The maximum atomic E-state index is 14.4. The van der Waals surface area contributed by atoms with Crippen molar-refractivity contribution in [2.24, 2.45) is 4.99 Å². The smallest absolute Gasteiger partial charge is 0.339 e. The van der Waals surface area contributed by atoms with E-state index in [9.17, 15) is 23.5 Å². The van der Waals surface area contributed by atoms with Crippen LogP contribution in [0, 0.1) is 18.6 Å². The first-order chi connectivity index (χ1) is 14.3. The Kier molecular flexibility index (Phi) is 6.63. The van der Waals surface area contributed by atoms with E-state index in [0.29, 0.717) is 0 Å². The number of carbonyl (C=O) groups is 2. The van der Waals surface area contributed by atoms with Crippen LogP contribution in [-0.2, 0) is 4.79 Å². The molecule has 0 atom stereocenters. The van der Waals surface area contributed by atoms with Crippen molar-refractivity contribution in [2.45, 2.75) is 11.8 Å². The van der Waals surface area contributed by atoms with E-state index in [0.717, 1.165) is 28.0 Å². The summed E-state index contributed by atoms with van der Waals surface area (Å²) in [4.78, 5) is 29.3. The molecule has 5 nitrogen and oxygen atoms in total. The number of nitrogens with one attached hydrogen (secondary N) is 1. The maximum absolute atomic E-state index is 14.4. The Hall–Kier alpha value is -3.04. The second kappa shape index (κ2) is 9.19. The maximum Gasteiger partial charge on any atom is 0.339 e. The van der Waals surface area contributed by atoms with Gasteiger partial charge in [-0.05, 0) is 24.6 Å². The molecule has 0 saturated carbocycles. The minimum atomic E-state index is -1.37. The Balaban J connectivity index is 1.93. The highest BCUT2D eigenvalue weighted by Crippen LogP contribution is 2.38. The molecule has 0 fully saturated rings. The lowest BCUT2D eigenvalue weighted by Gasteiger charge is -2.09. The van der Waals surface area contributed by atoms with Gasteiger partial charge in [0.2, 0.25) is 0 Å². The standard InChI is InChI=1S/C21H16F2N2O3S2/c1-11-8-9-13(17(23)16(11)22)14-10-29-19(15(14)21(27)28)25-18(26)20(24-2)30-12-6-4-3-5-7-12/h3-10H,1-2H3,(H,25,26)(H,27,28). The summed E-state index contributed by atoms with van der Waals surface area (Å²) >= 11 is 2.04. The molecule has 3 rings (SSSR count). The van der Waals surface area contributed by atoms with Crippen molar-refractivity contribution in [3.63, 3.8) is 0 Å². The summed E-state index contributed by atoms with van der Waals surface area (Å²) < 4.78 is 28.4. The topological polar surface area (TPSA) is 78.8 Å². The molecular weight excluding hydrogens is 430 g/mol. The number of halogens is 2. The van der Waals surface area contributed by atoms with Crippen LogP contribution in [-0.4, -0.2) is 29.1 Å². The summed E-state index contributed by atoms with van der Waals surface area (Å²) in [5, 5.41) is 13.7. The zero-order valence-electron chi connectivity index (χ0n) is 15.9. The lowest BCUT2D eigenvalue weighted by molar-refractivity contribution is -0.110. The number of carboxylic acids is 1. The van der Waals surface area contributed by atoms with Gasteiger partial charge in [-0.1, -0.05) is 42.1 Å². The average Bonchev–Trinajstić information content (AvgIpc) is 3.14. The number of aliphatic imine (C=N–C) groups is 1. The number of hydrogen-bond donors (Lipinski definition) is 2. The SMILES string of the molecule is CN=C(Sc1ccccc1)C(=O)Nc1scc(-c2ccc(C)c(F)c2F)c1C(=O)O. The highest BCUT2D eigenvalue weighted by molar-refractivity contribution is 8.15. The Labute approximate surface area is 179 Å². The summed E-state index contributed by atoms with van der Waals surface area (Å²) in [6.07, 6.45) is 0. The molecule has 0 unspecified atom stereocenters. The second-order valence-electron chi connectivity index (χ2n) is 6.11. The van der Waals surface area contributed by atoms with Crippen molar-refractivity contribution in [1.82, 2.24) is 0 Å². The van der Waals surface area contributed by atoms with Gasteiger partial charge in [0.25, 0.3) is 5.91 Å². The van der Waals surface area contributed by atoms with Gasteiger partial charge in [-0.15, -0.1) is 11.3 Å². The monoisotopic (exact) mass is 446 g/mol. The van der Waals surface area contributed by atoms with Crippen LogP contribution in [0.5, 0.6) is 0 Å². The minimum absolute atomic E-state index is 0.00935. The summed E-state index contributed by atoms with van der Waals surface area (Å²) in [6.45, 7) is 1.41. The molecule has 1 aromatic heterocycles. The number of thioether (sulfide) groups is 1. The van der Waals surface area contributed by atoms with Crippen LogP contribution in [0.4, 0.5) is 13.8 Å². The summed E-state index contributed by atoms with van der Waals surface area (Å²) in [6, 6.07) is 11.8. The van der Waals surface area contributed by atoms with E-state index in [4.69, 9.17) is 0 Å². The van der Waals surface area contributed by atoms with Gasteiger partial charge in [0.15, 0.2) is 16.7 Å². The fraction of sp³-hybridized carbons (Fsp3) is 0.0952. The van der Waals surface area contributed by atoms with Crippen molar-refractivity contribution >= 4 is 45.0 Å². The normalized spacial score (nSPS) is 11.4. The van der Waals surface area contributed by atoms with Crippen LogP contribution >= 0.6 is 23.1 Å². The number of aryl methyl sites for hydroxylation is 1. The third-order valence-corrected chi connectivity index (χ3v) is 6.12. The Bertz CT molecular complexity index is 1140. The third kappa shape index (κ3) is 4.42. The number of rotatable bonds is 4. The van der Waals surface area contributed by atoms with Gasteiger partial charge in [-0.3, -0.25) is 9.79 Å². The van der Waals surface area contributed by atoms with Crippen LogP contribution in [0.2, 0.25) is 0 Å². The largest absolute Gasteiger partial charge is 0.478 e. The number of benzene rings is 2. The Morgan fingerprint density at radius 1 is 1.07 bits per heavy atom. The number of thiophene rings is 1. The third-order valence-electron chi connectivity index (χ3n) is 4.15. The van der Waals surface area contributed by atoms with E-state index in [1.807, 2.05) is 30.3 Å². The van der Waals surface area contributed by atoms with Crippen molar-refractivity contribution in [3.8, 4) is 11.1 Å². The van der Waals surface area contributed by atoms with E-state index in [2.05, 4.69) is 10.3 Å². The Morgan fingerprint density at radius 3 is 2.40 bits per heavy atom. The van der Waals surface area contributed by atoms with Gasteiger partial charge in [0.1, 0.15) is 10.6 Å². The fourth-order valence-electron chi connectivity index (χ4n) is 2.66. The number of hydrogen-bond acceptors (Lipinski definition) is 5. The molecule has 2 aromatic carbocycles. The van der Waals surface area contributed by atoms with E-state index >= 15 is 0 Å². The second-order valence-corrected chi connectivity index (χ2v) is 8.06. The lowest BCUT2D eigenvalue weighted by atomic mass is 10.0. The molecule has 2 N–H and O–H groups in total. The van der Waals surface area contributed by atoms with Gasteiger partial charge in [0.05, 0.1) is 0 Å². The molecule has 30 heavy (non-hydrogen) atoms. The van der Waals surface area contributed by atoms with Gasteiger partial charge in [-0.25, -0.2) is 13.6 Å². The minimum Gasteiger partial charge on any atom is -0.478 e. The summed E-state index contributed by atoms with van der Waals surface area (Å²) in [7, 11) is 1.45. The van der Waals surface area contributed by atoms with Gasteiger partial charge in [0, 0.05) is 28.5 Å². The van der Waals surface area contributed by atoms with Crippen LogP contribution < -0.4 is 5.32 Å². The fourth-order valence-corrected chi connectivity index (χ4v) is 4.36. The number of carboxylic acid groups (broad SMARTS) is 1. The molecule has 0 aliphatic rings. The molecule has 0 saturated heterocycles. The number of nitrogens with zero attached hydrogens (tertiary/aromatic N) is 1. The van der Waals surface area contributed by atoms with Crippen LogP contribution in [0.25, 0.3) is 11.1 Å². The summed E-state index contributed by atoms with van der Waals surface area (Å²) in [5.41, 5.74) is -0.394. The van der Waals surface area contributed by atoms with Crippen molar-refractivity contribution in [1.29, 1.82) is 0 Å². The van der Waals surface area contributed by atoms with E-state index in [1.54, 1.807) is 0 Å². The molecule has 0 radical (unpaired) electrons. The van der Waals surface area contributed by atoms with Crippen molar-refractivity contribution < 1.29 is 23.5 Å². The zero-order valence-corrected chi connectivity index (χ0v) is 17.5. The zero-order chi connectivity index (χ0) is 21.8.